The van der Waals surface area contributed by atoms with Crippen LogP contribution in [0.3, 0.4) is 0 Å². The summed E-state index contributed by atoms with van der Waals surface area (Å²) in [7, 11) is 0. The van der Waals surface area contributed by atoms with Crippen molar-refractivity contribution in [2.75, 3.05) is 0 Å². The van der Waals surface area contributed by atoms with E-state index in [1.54, 1.807) is 0 Å². The third-order valence-corrected chi connectivity index (χ3v) is 4.91. The predicted molar refractivity (Wildman–Crippen MR) is 82.9 cm³/mol. The summed E-state index contributed by atoms with van der Waals surface area (Å²) in [5.41, 5.74) is 5.69. The maximum absolute atomic E-state index is 3.92. The molecule has 0 saturated heterocycles. The Morgan fingerprint density at radius 2 is 2.21 bits per heavy atom. The second-order valence-electron chi connectivity index (χ2n) is 5.87. The molecule has 1 N–H and O–H groups in total. The van der Waals surface area contributed by atoms with Crippen molar-refractivity contribution in [2.45, 2.75) is 52.4 Å². The Morgan fingerprint density at radius 3 is 2.79 bits per heavy atom. The highest BCUT2D eigenvalue weighted by molar-refractivity contribution is 5.63. The van der Waals surface area contributed by atoms with E-state index in [1.807, 2.05) is 6.20 Å². The SMILES string of the molecule is C=C=C(c1ccc[nH]1)C(CC)CC1CCCC1CC. The van der Waals surface area contributed by atoms with E-state index >= 15 is 0 Å². The summed E-state index contributed by atoms with van der Waals surface area (Å²) in [5, 5.41) is 0. The first kappa shape index (κ1) is 14.2. The highest BCUT2D eigenvalue weighted by atomic mass is 14.7. The minimum atomic E-state index is 0.605. The van der Waals surface area contributed by atoms with Crippen LogP contribution in [0.1, 0.15) is 58.1 Å². The van der Waals surface area contributed by atoms with Gasteiger partial charge < -0.3 is 4.98 Å². The van der Waals surface area contributed by atoms with Crippen LogP contribution < -0.4 is 0 Å². The lowest BCUT2D eigenvalue weighted by Gasteiger charge is -2.24. The summed E-state index contributed by atoms with van der Waals surface area (Å²) in [6.07, 6.45) is 10.1. The van der Waals surface area contributed by atoms with Crippen LogP contribution in [0.2, 0.25) is 0 Å². The summed E-state index contributed by atoms with van der Waals surface area (Å²) < 4.78 is 0. The largest absolute Gasteiger partial charge is 0.361 e. The molecule has 3 unspecified atom stereocenters. The molecule has 3 atom stereocenters. The van der Waals surface area contributed by atoms with E-state index in [1.165, 1.54) is 49.8 Å². The average molecular weight is 257 g/mol. The van der Waals surface area contributed by atoms with Crippen LogP contribution in [0.15, 0.2) is 30.6 Å². The first-order valence-electron chi connectivity index (χ1n) is 7.83. The lowest BCUT2D eigenvalue weighted by atomic mass is 9.80. The normalized spacial score (nSPS) is 24.1. The molecule has 1 heteroatoms. The number of rotatable bonds is 6. The number of allylic oxidation sites excluding steroid dienone is 1. The fourth-order valence-electron chi connectivity index (χ4n) is 3.77. The van der Waals surface area contributed by atoms with Crippen molar-refractivity contribution in [2.24, 2.45) is 17.8 Å². The van der Waals surface area contributed by atoms with E-state index in [0.717, 1.165) is 11.8 Å². The lowest BCUT2D eigenvalue weighted by molar-refractivity contribution is 0.321. The van der Waals surface area contributed by atoms with Gasteiger partial charge in [-0.3, -0.25) is 0 Å². The van der Waals surface area contributed by atoms with Crippen LogP contribution >= 0.6 is 0 Å². The molecular formula is C18H27N. The van der Waals surface area contributed by atoms with Crippen LogP contribution in [0.25, 0.3) is 5.57 Å². The van der Waals surface area contributed by atoms with Gasteiger partial charge in [-0.2, -0.15) is 0 Å². The molecule has 2 rings (SSSR count). The molecule has 0 aromatic carbocycles. The molecule has 1 aliphatic carbocycles. The zero-order chi connectivity index (χ0) is 13.7. The van der Waals surface area contributed by atoms with Crippen molar-refractivity contribution in [1.29, 1.82) is 0 Å². The molecule has 19 heavy (non-hydrogen) atoms. The molecule has 104 valence electrons. The van der Waals surface area contributed by atoms with Gasteiger partial charge in [-0.15, -0.1) is 5.73 Å². The van der Waals surface area contributed by atoms with E-state index < -0.39 is 0 Å². The molecule has 1 aromatic rings. The van der Waals surface area contributed by atoms with Crippen molar-refractivity contribution in [3.63, 3.8) is 0 Å². The molecular weight excluding hydrogens is 230 g/mol. The van der Waals surface area contributed by atoms with Gasteiger partial charge >= 0.3 is 0 Å². The molecule has 0 amide bonds. The van der Waals surface area contributed by atoms with Gasteiger partial charge in [0.2, 0.25) is 0 Å². The van der Waals surface area contributed by atoms with Crippen molar-refractivity contribution in [3.05, 3.63) is 36.3 Å². The van der Waals surface area contributed by atoms with Gasteiger partial charge in [0.25, 0.3) is 0 Å². The first-order chi connectivity index (χ1) is 9.30. The first-order valence-corrected chi connectivity index (χ1v) is 7.83. The molecule has 1 heterocycles. The summed E-state index contributed by atoms with van der Waals surface area (Å²) in [4.78, 5) is 3.31. The molecule has 0 radical (unpaired) electrons. The molecule has 1 aliphatic rings. The Balaban J connectivity index is 2.09. The standard InChI is InChI=1S/C18H27N/c1-4-14-9-7-10-16(14)13-15(5-2)17(6-3)18-11-8-12-19-18/h8,11-12,14-16,19H,3-5,7,9-10,13H2,1-2H3. The number of nitrogens with one attached hydrogen (secondary N) is 1. The average Bonchev–Trinajstić information content (AvgIpc) is 3.09. The highest BCUT2D eigenvalue weighted by Crippen LogP contribution is 2.41. The predicted octanol–water partition coefficient (Wildman–Crippen LogP) is 5.43. The number of aromatic nitrogens is 1. The van der Waals surface area contributed by atoms with E-state index in [2.05, 4.69) is 43.3 Å². The number of hydrogen-bond donors (Lipinski definition) is 1. The Hall–Kier alpha value is -1.20. The topological polar surface area (TPSA) is 15.8 Å². The fraction of sp³-hybridized carbons (Fsp3) is 0.611. The summed E-state index contributed by atoms with van der Waals surface area (Å²) in [6.45, 7) is 8.56. The number of H-pyrrole nitrogens is 1. The molecule has 0 spiro atoms. The van der Waals surface area contributed by atoms with Gasteiger partial charge in [-0.25, -0.2) is 0 Å². The summed E-state index contributed by atoms with van der Waals surface area (Å²) >= 11 is 0. The summed E-state index contributed by atoms with van der Waals surface area (Å²) in [5.74, 6) is 2.46. The van der Waals surface area contributed by atoms with E-state index in [-0.39, 0.29) is 0 Å². The van der Waals surface area contributed by atoms with Crippen LogP contribution in [0, 0.1) is 17.8 Å². The Morgan fingerprint density at radius 1 is 1.42 bits per heavy atom. The van der Waals surface area contributed by atoms with E-state index in [9.17, 15) is 0 Å². The second kappa shape index (κ2) is 6.82. The van der Waals surface area contributed by atoms with Crippen LogP contribution in [-0.4, -0.2) is 4.98 Å². The molecule has 1 aromatic heterocycles. The van der Waals surface area contributed by atoms with Gasteiger partial charge in [0, 0.05) is 17.5 Å². The monoisotopic (exact) mass is 257 g/mol. The van der Waals surface area contributed by atoms with Gasteiger partial charge in [-0.05, 0) is 42.7 Å². The van der Waals surface area contributed by atoms with Crippen molar-refractivity contribution in [1.82, 2.24) is 4.98 Å². The Labute approximate surface area is 117 Å². The number of aromatic amines is 1. The van der Waals surface area contributed by atoms with Crippen LogP contribution in [0.4, 0.5) is 0 Å². The molecule has 1 fully saturated rings. The van der Waals surface area contributed by atoms with Crippen LogP contribution in [0.5, 0.6) is 0 Å². The second-order valence-corrected chi connectivity index (χ2v) is 5.87. The maximum atomic E-state index is 3.92. The molecule has 0 aliphatic heterocycles. The van der Waals surface area contributed by atoms with Crippen molar-refractivity contribution < 1.29 is 0 Å². The van der Waals surface area contributed by atoms with Gasteiger partial charge in [0.05, 0.1) is 0 Å². The Kier molecular flexibility index (Phi) is 5.10. The number of hydrogen-bond acceptors (Lipinski definition) is 0. The minimum Gasteiger partial charge on any atom is -0.361 e. The van der Waals surface area contributed by atoms with Gasteiger partial charge in [-0.1, -0.05) is 46.1 Å². The minimum absolute atomic E-state index is 0.605. The fourth-order valence-corrected chi connectivity index (χ4v) is 3.77. The third kappa shape index (κ3) is 3.22. The van der Waals surface area contributed by atoms with Gasteiger partial charge in [0.1, 0.15) is 0 Å². The van der Waals surface area contributed by atoms with E-state index in [0.29, 0.717) is 5.92 Å². The van der Waals surface area contributed by atoms with Crippen molar-refractivity contribution in [3.8, 4) is 0 Å². The quantitative estimate of drug-likeness (QED) is 0.654. The lowest BCUT2D eigenvalue weighted by Crippen LogP contribution is -2.14. The Bertz CT molecular complexity index is 423. The highest BCUT2D eigenvalue weighted by Gasteiger charge is 2.29. The smallest absolute Gasteiger partial charge is 0.0493 e. The zero-order valence-corrected chi connectivity index (χ0v) is 12.4. The zero-order valence-electron chi connectivity index (χ0n) is 12.4. The molecule has 1 nitrogen and oxygen atoms in total. The molecule has 0 bridgehead atoms. The van der Waals surface area contributed by atoms with Crippen molar-refractivity contribution >= 4 is 5.57 Å². The third-order valence-electron chi connectivity index (χ3n) is 4.91. The maximum Gasteiger partial charge on any atom is 0.0493 e. The summed E-state index contributed by atoms with van der Waals surface area (Å²) in [6, 6.07) is 4.20. The van der Waals surface area contributed by atoms with Gasteiger partial charge in [0.15, 0.2) is 0 Å². The van der Waals surface area contributed by atoms with Crippen LogP contribution in [-0.2, 0) is 0 Å². The molecule has 1 saturated carbocycles. The van der Waals surface area contributed by atoms with E-state index in [4.69, 9.17) is 0 Å².